The van der Waals surface area contributed by atoms with Crippen LogP contribution in [0.2, 0.25) is 0 Å². The Morgan fingerprint density at radius 2 is 2.04 bits per heavy atom. The normalized spacial score (nSPS) is 13.9. The molecule has 1 aromatic heterocycles. The molecular formula is C20H20N4O. The Morgan fingerprint density at radius 3 is 2.96 bits per heavy atom. The Labute approximate surface area is 146 Å². The molecule has 1 amide bonds. The van der Waals surface area contributed by atoms with Gasteiger partial charge in [-0.25, -0.2) is 10.4 Å². The molecule has 3 aromatic rings. The second-order valence-corrected chi connectivity index (χ2v) is 6.43. The van der Waals surface area contributed by atoms with Crippen molar-refractivity contribution < 1.29 is 4.79 Å². The number of para-hydroxylation sites is 2. The van der Waals surface area contributed by atoms with Crippen LogP contribution in [0.25, 0.3) is 11.0 Å². The summed E-state index contributed by atoms with van der Waals surface area (Å²) in [6.07, 6.45) is 5.21. The molecule has 0 spiro atoms. The quantitative estimate of drug-likeness (QED) is 0.590. The number of fused-ring (bicyclic) bond motifs is 2. The van der Waals surface area contributed by atoms with Gasteiger partial charge in [0.1, 0.15) is 6.54 Å². The molecule has 1 aliphatic carbocycles. The van der Waals surface area contributed by atoms with Crippen molar-refractivity contribution >= 4 is 22.7 Å². The van der Waals surface area contributed by atoms with Crippen LogP contribution in [0.4, 0.5) is 0 Å². The van der Waals surface area contributed by atoms with Gasteiger partial charge < -0.3 is 4.57 Å². The number of hydrogen-bond donors (Lipinski definition) is 1. The predicted molar refractivity (Wildman–Crippen MR) is 98.6 cm³/mol. The average Bonchev–Trinajstić information content (AvgIpc) is 3.26. The lowest BCUT2D eigenvalue weighted by Gasteiger charge is -2.06. The Balaban J connectivity index is 1.44. The van der Waals surface area contributed by atoms with Crippen LogP contribution in [-0.4, -0.2) is 21.2 Å². The van der Waals surface area contributed by atoms with Gasteiger partial charge in [-0.05, 0) is 61.1 Å². The molecule has 1 heterocycles. The van der Waals surface area contributed by atoms with Gasteiger partial charge in [0, 0.05) is 0 Å². The predicted octanol–water partition coefficient (Wildman–Crippen LogP) is 3.07. The van der Waals surface area contributed by atoms with Gasteiger partial charge in [-0.2, -0.15) is 5.10 Å². The molecule has 0 aliphatic heterocycles. The first-order valence-corrected chi connectivity index (χ1v) is 8.56. The number of benzene rings is 2. The van der Waals surface area contributed by atoms with E-state index in [0.717, 1.165) is 28.7 Å². The summed E-state index contributed by atoms with van der Waals surface area (Å²) in [6.45, 7) is 2.12. The molecule has 1 N–H and O–H groups in total. The van der Waals surface area contributed by atoms with Crippen molar-refractivity contribution in [2.45, 2.75) is 32.7 Å². The number of aryl methyl sites for hydroxylation is 2. The Bertz CT molecular complexity index is 971. The first-order valence-electron chi connectivity index (χ1n) is 8.56. The van der Waals surface area contributed by atoms with Gasteiger partial charge in [0.2, 0.25) is 0 Å². The van der Waals surface area contributed by atoms with Crippen molar-refractivity contribution in [3.8, 4) is 0 Å². The van der Waals surface area contributed by atoms with Gasteiger partial charge in [-0.3, -0.25) is 4.79 Å². The van der Waals surface area contributed by atoms with E-state index in [0.29, 0.717) is 0 Å². The minimum atomic E-state index is -0.163. The summed E-state index contributed by atoms with van der Waals surface area (Å²) >= 11 is 0. The molecule has 0 bridgehead atoms. The van der Waals surface area contributed by atoms with Gasteiger partial charge >= 0.3 is 0 Å². The zero-order chi connectivity index (χ0) is 17.2. The van der Waals surface area contributed by atoms with Gasteiger partial charge in [0.25, 0.3) is 5.91 Å². The molecule has 126 valence electrons. The highest BCUT2D eigenvalue weighted by molar-refractivity contribution is 5.99. The third-order valence-electron chi connectivity index (χ3n) is 4.71. The second-order valence-electron chi connectivity index (χ2n) is 6.43. The van der Waals surface area contributed by atoms with Gasteiger partial charge in [-0.15, -0.1) is 0 Å². The van der Waals surface area contributed by atoms with Crippen LogP contribution in [0.3, 0.4) is 0 Å². The largest absolute Gasteiger partial charge is 0.321 e. The number of carbonyl (C=O) groups is 1. The Morgan fingerprint density at radius 1 is 1.20 bits per heavy atom. The molecule has 0 atom stereocenters. The number of hydrogen-bond acceptors (Lipinski definition) is 3. The molecule has 0 unspecified atom stereocenters. The molecule has 5 heteroatoms. The SMILES string of the molecule is C/C(=N/NC(=O)Cn1cnc2ccccc21)c1ccc2c(c1)CCC2. The van der Waals surface area contributed by atoms with E-state index in [4.69, 9.17) is 0 Å². The van der Waals surface area contributed by atoms with Crippen LogP contribution < -0.4 is 5.43 Å². The summed E-state index contributed by atoms with van der Waals surface area (Å²) in [5.41, 5.74) is 9.20. The van der Waals surface area contributed by atoms with Crippen molar-refractivity contribution in [3.63, 3.8) is 0 Å². The van der Waals surface area contributed by atoms with Crippen molar-refractivity contribution in [3.05, 3.63) is 65.5 Å². The average molecular weight is 332 g/mol. The Hall–Kier alpha value is -2.95. The van der Waals surface area contributed by atoms with Gasteiger partial charge in [-0.1, -0.05) is 24.3 Å². The van der Waals surface area contributed by atoms with E-state index in [2.05, 4.69) is 33.7 Å². The zero-order valence-corrected chi connectivity index (χ0v) is 14.2. The molecular weight excluding hydrogens is 312 g/mol. The number of nitrogens with zero attached hydrogens (tertiary/aromatic N) is 3. The molecule has 1 aliphatic rings. The van der Waals surface area contributed by atoms with Crippen LogP contribution in [0, 0.1) is 0 Å². The van der Waals surface area contributed by atoms with E-state index in [1.807, 2.05) is 35.8 Å². The lowest BCUT2D eigenvalue weighted by molar-refractivity contribution is -0.121. The molecule has 4 rings (SSSR count). The summed E-state index contributed by atoms with van der Waals surface area (Å²) in [5.74, 6) is -0.163. The van der Waals surface area contributed by atoms with E-state index < -0.39 is 0 Å². The highest BCUT2D eigenvalue weighted by Gasteiger charge is 2.12. The minimum Gasteiger partial charge on any atom is -0.321 e. The number of hydrazone groups is 1. The number of amides is 1. The highest BCUT2D eigenvalue weighted by Crippen LogP contribution is 2.23. The fourth-order valence-electron chi connectivity index (χ4n) is 3.33. The first-order chi connectivity index (χ1) is 12.2. The molecule has 5 nitrogen and oxygen atoms in total. The van der Waals surface area contributed by atoms with E-state index in [1.54, 1.807) is 6.33 Å². The fraction of sp³-hybridized carbons (Fsp3) is 0.250. The molecule has 0 saturated carbocycles. The molecule has 2 aromatic carbocycles. The van der Waals surface area contributed by atoms with Crippen LogP contribution >= 0.6 is 0 Å². The smallest absolute Gasteiger partial charge is 0.260 e. The molecule has 25 heavy (non-hydrogen) atoms. The van der Waals surface area contributed by atoms with Crippen LogP contribution in [-0.2, 0) is 24.2 Å². The lowest BCUT2D eigenvalue weighted by atomic mass is 10.0. The number of carbonyl (C=O) groups excluding carboxylic acids is 1. The van der Waals surface area contributed by atoms with E-state index in [1.165, 1.54) is 24.0 Å². The maximum absolute atomic E-state index is 12.2. The molecule has 0 radical (unpaired) electrons. The summed E-state index contributed by atoms with van der Waals surface area (Å²) in [6, 6.07) is 14.2. The van der Waals surface area contributed by atoms with E-state index >= 15 is 0 Å². The van der Waals surface area contributed by atoms with Crippen molar-refractivity contribution in [1.82, 2.24) is 15.0 Å². The summed E-state index contributed by atoms with van der Waals surface area (Å²) in [5, 5.41) is 4.26. The topological polar surface area (TPSA) is 59.3 Å². The van der Waals surface area contributed by atoms with Crippen LogP contribution in [0.1, 0.15) is 30.0 Å². The van der Waals surface area contributed by atoms with Crippen molar-refractivity contribution in [1.29, 1.82) is 0 Å². The van der Waals surface area contributed by atoms with Crippen LogP contribution in [0.15, 0.2) is 53.9 Å². The standard InChI is InChI=1S/C20H20N4O/c1-14(16-10-9-15-5-4-6-17(15)11-16)22-23-20(25)12-24-13-21-18-7-2-3-8-19(18)24/h2-3,7-11,13H,4-6,12H2,1H3,(H,23,25)/b22-14-. The van der Waals surface area contributed by atoms with E-state index in [9.17, 15) is 4.79 Å². The number of imidazole rings is 1. The van der Waals surface area contributed by atoms with Gasteiger partial charge in [0.15, 0.2) is 0 Å². The third kappa shape index (κ3) is 3.18. The van der Waals surface area contributed by atoms with Crippen molar-refractivity contribution in [2.75, 3.05) is 0 Å². The van der Waals surface area contributed by atoms with Gasteiger partial charge in [0.05, 0.1) is 23.1 Å². The Kier molecular flexibility index (Phi) is 4.06. The molecule has 0 fully saturated rings. The molecule has 0 saturated heterocycles. The number of nitrogens with one attached hydrogen (secondary N) is 1. The summed E-state index contributed by atoms with van der Waals surface area (Å²) < 4.78 is 1.82. The first kappa shape index (κ1) is 15.6. The summed E-state index contributed by atoms with van der Waals surface area (Å²) in [7, 11) is 0. The van der Waals surface area contributed by atoms with Crippen molar-refractivity contribution in [2.24, 2.45) is 5.10 Å². The lowest BCUT2D eigenvalue weighted by Crippen LogP contribution is -2.24. The maximum atomic E-state index is 12.2. The van der Waals surface area contributed by atoms with Crippen LogP contribution in [0.5, 0.6) is 0 Å². The minimum absolute atomic E-state index is 0.163. The fourth-order valence-corrected chi connectivity index (χ4v) is 3.33. The monoisotopic (exact) mass is 332 g/mol. The highest BCUT2D eigenvalue weighted by atomic mass is 16.2. The third-order valence-corrected chi connectivity index (χ3v) is 4.71. The maximum Gasteiger partial charge on any atom is 0.260 e. The van der Waals surface area contributed by atoms with E-state index in [-0.39, 0.29) is 12.5 Å². The number of rotatable bonds is 4. The zero-order valence-electron chi connectivity index (χ0n) is 14.2. The second kappa shape index (κ2) is 6.51. The number of aromatic nitrogens is 2. The summed E-state index contributed by atoms with van der Waals surface area (Å²) in [4.78, 5) is 16.5.